The molecule has 1 aromatic carbocycles. The standard InChI is InChI=1S/C26H26ClN7O4/c1-4-18-13-38-26(36)34(18)25-31-15(3)30-24(33-25)29-14(2)19-8-17-9-20(27)22(10-21(17)32-23(19)35)37-12-16-6-5-7-28-11-16/h5-11,14,18H,4,12-13H2,1-3H3,(H,32,35)(H,29,30,31,33)/t14-,18-/m0/s1. The van der Waals surface area contributed by atoms with E-state index < -0.39 is 12.1 Å². The summed E-state index contributed by atoms with van der Waals surface area (Å²) in [5.74, 6) is 1.33. The Hall–Kier alpha value is -4.25. The maximum Gasteiger partial charge on any atom is 0.417 e. The number of aromatic amines is 1. The number of anilines is 2. The van der Waals surface area contributed by atoms with Crippen molar-refractivity contribution in [3.63, 3.8) is 0 Å². The first kappa shape index (κ1) is 25.4. The number of benzene rings is 1. The highest BCUT2D eigenvalue weighted by Crippen LogP contribution is 2.31. The van der Waals surface area contributed by atoms with E-state index in [-0.39, 0.29) is 30.1 Å². The number of nitrogens with one attached hydrogen (secondary N) is 2. The predicted molar refractivity (Wildman–Crippen MR) is 143 cm³/mol. The molecule has 0 unspecified atom stereocenters. The zero-order valence-electron chi connectivity index (χ0n) is 21.1. The molecule has 0 spiro atoms. The van der Waals surface area contributed by atoms with Crippen molar-refractivity contribution in [1.82, 2.24) is 24.9 Å². The lowest BCUT2D eigenvalue weighted by Gasteiger charge is -2.20. The van der Waals surface area contributed by atoms with Crippen LogP contribution in [0.1, 0.15) is 43.3 Å². The number of carbonyl (C=O) groups excluding carboxylic acids is 1. The fourth-order valence-electron chi connectivity index (χ4n) is 4.22. The minimum atomic E-state index is -0.493. The third-order valence-electron chi connectivity index (χ3n) is 6.24. The van der Waals surface area contributed by atoms with E-state index in [1.54, 1.807) is 37.5 Å². The van der Waals surface area contributed by atoms with E-state index >= 15 is 0 Å². The van der Waals surface area contributed by atoms with Crippen molar-refractivity contribution in [2.45, 2.75) is 45.9 Å². The number of amides is 1. The Morgan fingerprint density at radius 2 is 2.11 bits per heavy atom. The predicted octanol–water partition coefficient (Wildman–Crippen LogP) is 4.56. The monoisotopic (exact) mass is 535 g/mol. The number of rotatable bonds is 8. The normalized spacial score (nSPS) is 15.9. The molecule has 196 valence electrons. The molecule has 2 atom stereocenters. The molecule has 3 aromatic heterocycles. The van der Waals surface area contributed by atoms with Gasteiger partial charge < -0.3 is 19.8 Å². The van der Waals surface area contributed by atoms with Gasteiger partial charge in [-0.2, -0.15) is 15.0 Å². The Balaban J connectivity index is 1.38. The molecular formula is C26H26ClN7O4. The first-order chi connectivity index (χ1) is 18.3. The summed E-state index contributed by atoms with van der Waals surface area (Å²) in [7, 11) is 0. The number of nitrogens with zero attached hydrogens (tertiary/aromatic N) is 5. The SMILES string of the molecule is CC[C@H]1COC(=O)N1c1nc(C)nc(N[C@@H](C)c2cc3cc(Cl)c(OCc4cccnc4)cc3[nH]c2=O)n1. The van der Waals surface area contributed by atoms with E-state index in [1.807, 2.05) is 26.0 Å². The second kappa shape index (κ2) is 10.6. The van der Waals surface area contributed by atoms with Gasteiger partial charge in [-0.1, -0.05) is 24.6 Å². The van der Waals surface area contributed by atoms with E-state index in [0.717, 1.165) is 10.9 Å². The summed E-state index contributed by atoms with van der Waals surface area (Å²) in [6.45, 7) is 6.07. The Morgan fingerprint density at radius 3 is 2.87 bits per heavy atom. The maximum atomic E-state index is 13.0. The Bertz CT molecular complexity index is 1550. The van der Waals surface area contributed by atoms with Gasteiger partial charge in [-0.25, -0.2) is 9.69 Å². The van der Waals surface area contributed by atoms with Crippen LogP contribution in [0.15, 0.2) is 47.5 Å². The van der Waals surface area contributed by atoms with Gasteiger partial charge in [0.05, 0.1) is 22.6 Å². The summed E-state index contributed by atoms with van der Waals surface area (Å²) in [6, 6.07) is 8.33. The number of fused-ring (bicyclic) bond motifs is 1. The molecule has 38 heavy (non-hydrogen) atoms. The van der Waals surface area contributed by atoms with Crippen molar-refractivity contribution >= 4 is 40.5 Å². The van der Waals surface area contributed by atoms with Crippen LogP contribution in [0.5, 0.6) is 5.75 Å². The van der Waals surface area contributed by atoms with Crippen molar-refractivity contribution in [3.8, 4) is 5.75 Å². The summed E-state index contributed by atoms with van der Waals surface area (Å²) in [6.07, 6.45) is 3.61. The molecule has 0 bridgehead atoms. The summed E-state index contributed by atoms with van der Waals surface area (Å²) in [5.41, 5.74) is 1.67. The van der Waals surface area contributed by atoms with E-state index in [1.165, 1.54) is 4.90 Å². The van der Waals surface area contributed by atoms with Gasteiger partial charge in [0.15, 0.2) is 0 Å². The molecule has 1 amide bonds. The largest absolute Gasteiger partial charge is 0.487 e. The number of H-pyrrole nitrogens is 1. The number of aromatic nitrogens is 5. The van der Waals surface area contributed by atoms with Crippen molar-refractivity contribution in [2.75, 3.05) is 16.8 Å². The van der Waals surface area contributed by atoms with Gasteiger partial charge in [-0.3, -0.25) is 9.78 Å². The Morgan fingerprint density at radius 1 is 1.26 bits per heavy atom. The first-order valence-corrected chi connectivity index (χ1v) is 12.5. The zero-order chi connectivity index (χ0) is 26.8. The highest BCUT2D eigenvalue weighted by Gasteiger charge is 2.35. The lowest BCUT2D eigenvalue weighted by atomic mass is 10.1. The molecule has 11 nitrogen and oxygen atoms in total. The molecular weight excluding hydrogens is 510 g/mol. The summed E-state index contributed by atoms with van der Waals surface area (Å²) >= 11 is 6.49. The molecule has 0 aliphatic carbocycles. The van der Waals surface area contributed by atoms with Gasteiger partial charge in [-0.05, 0) is 38.5 Å². The quantitative estimate of drug-likeness (QED) is 0.333. The Labute approximate surface area is 223 Å². The number of pyridine rings is 2. The van der Waals surface area contributed by atoms with E-state index in [2.05, 4.69) is 30.2 Å². The van der Waals surface area contributed by atoms with E-state index in [4.69, 9.17) is 21.1 Å². The van der Waals surface area contributed by atoms with Crippen LogP contribution >= 0.6 is 11.6 Å². The molecule has 5 rings (SSSR count). The van der Waals surface area contributed by atoms with Crippen LogP contribution in [-0.2, 0) is 11.3 Å². The molecule has 1 saturated heterocycles. The maximum absolute atomic E-state index is 13.0. The lowest BCUT2D eigenvalue weighted by molar-refractivity contribution is 0.178. The molecule has 0 radical (unpaired) electrons. The van der Waals surface area contributed by atoms with E-state index in [0.29, 0.717) is 40.7 Å². The number of hydrogen-bond donors (Lipinski definition) is 2. The third-order valence-corrected chi connectivity index (χ3v) is 6.53. The van der Waals surface area contributed by atoms with Gasteiger partial charge in [0.25, 0.3) is 5.56 Å². The summed E-state index contributed by atoms with van der Waals surface area (Å²) in [4.78, 5) is 46.8. The van der Waals surface area contributed by atoms with Gasteiger partial charge in [0.1, 0.15) is 24.8 Å². The van der Waals surface area contributed by atoms with Crippen LogP contribution in [0.25, 0.3) is 10.9 Å². The Kier molecular flexibility index (Phi) is 7.10. The second-order valence-electron chi connectivity index (χ2n) is 8.95. The van der Waals surface area contributed by atoms with Crippen LogP contribution in [0.2, 0.25) is 5.02 Å². The van der Waals surface area contributed by atoms with Gasteiger partial charge >= 0.3 is 6.09 Å². The van der Waals surface area contributed by atoms with Crippen LogP contribution in [0, 0.1) is 6.92 Å². The number of halogens is 1. The van der Waals surface area contributed by atoms with Crippen molar-refractivity contribution in [1.29, 1.82) is 0 Å². The fraction of sp³-hybridized carbons (Fsp3) is 0.308. The number of cyclic esters (lactones) is 1. The first-order valence-electron chi connectivity index (χ1n) is 12.2. The number of hydrogen-bond acceptors (Lipinski definition) is 9. The smallest absolute Gasteiger partial charge is 0.417 e. The number of carbonyl (C=O) groups is 1. The molecule has 1 aliphatic rings. The van der Waals surface area contributed by atoms with Gasteiger partial charge in [0.2, 0.25) is 11.9 Å². The average Bonchev–Trinajstić information content (AvgIpc) is 3.28. The molecule has 2 N–H and O–H groups in total. The minimum absolute atomic E-state index is 0.152. The molecule has 4 heterocycles. The van der Waals surface area contributed by atoms with Crippen LogP contribution in [-0.4, -0.2) is 43.7 Å². The average molecular weight is 536 g/mol. The molecule has 0 saturated carbocycles. The second-order valence-corrected chi connectivity index (χ2v) is 9.36. The lowest BCUT2D eigenvalue weighted by Crippen LogP contribution is -2.35. The highest BCUT2D eigenvalue weighted by atomic mass is 35.5. The van der Waals surface area contributed by atoms with Crippen molar-refractivity contribution in [3.05, 3.63) is 75.1 Å². The third kappa shape index (κ3) is 5.23. The summed E-state index contributed by atoms with van der Waals surface area (Å²) in [5, 5.41) is 4.31. The van der Waals surface area contributed by atoms with E-state index in [9.17, 15) is 9.59 Å². The topological polar surface area (TPSA) is 135 Å². The molecule has 1 aliphatic heterocycles. The van der Waals surface area contributed by atoms with Crippen LogP contribution < -0.4 is 20.5 Å². The summed E-state index contributed by atoms with van der Waals surface area (Å²) < 4.78 is 11.0. The fourth-order valence-corrected chi connectivity index (χ4v) is 4.44. The number of ether oxygens (including phenoxy) is 2. The van der Waals surface area contributed by atoms with Crippen molar-refractivity contribution < 1.29 is 14.3 Å². The number of aryl methyl sites for hydroxylation is 1. The van der Waals surface area contributed by atoms with Crippen molar-refractivity contribution in [2.24, 2.45) is 0 Å². The van der Waals surface area contributed by atoms with Crippen LogP contribution in [0.3, 0.4) is 0 Å². The van der Waals surface area contributed by atoms with Gasteiger partial charge in [0, 0.05) is 35.0 Å². The molecule has 1 fully saturated rings. The zero-order valence-corrected chi connectivity index (χ0v) is 21.8. The van der Waals surface area contributed by atoms with Crippen LogP contribution in [0.4, 0.5) is 16.7 Å². The molecule has 4 aromatic rings. The molecule has 12 heteroatoms. The highest BCUT2D eigenvalue weighted by molar-refractivity contribution is 6.32. The minimum Gasteiger partial charge on any atom is -0.487 e. The van der Waals surface area contributed by atoms with Gasteiger partial charge in [-0.15, -0.1) is 0 Å².